The maximum atomic E-state index is 5.71. The number of nitrogens with zero attached hydrogens (tertiary/aromatic N) is 2. The molecule has 0 atom stereocenters. The maximum absolute atomic E-state index is 5.71. The lowest BCUT2D eigenvalue weighted by Gasteiger charge is -2.10. The summed E-state index contributed by atoms with van der Waals surface area (Å²) < 4.78 is 5.15. The van der Waals surface area contributed by atoms with E-state index in [1.807, 2.05) is 31.2 Å². The molecular weight excluding hydrogens is 216 g/mol. The molecule has 0 saturated carbocycles. The first-order chi connectivity index (χ1) is 8.20. The SMILES string of the molecule is COc1cccc(Nc2ncnc(N)c2C)c1. The molecule has 0 aliphatic heterocycles. The number of hydrogen-bond donors (Lipinski definition) is 2. The van der Waals surface area contributed by atoms with Crippen LogP contribution in [0.2, 0.25) is 0 Å². The molecule has 0 aliphatic carbocycles. The molecular formula is C12H14N4O. The van der Waals surface area contributed by atoms with E-state index in [-0.39, 0.29) is 0 Å². The Morgan fingerprint density at radius 3 is 2.88 bits per heavy atom. The third-order valence-electron chi connectivity index (χ3n) is 2.46. The molecule has 0 amide bonds. The number of ether oxygens (including phenoxy) is 1. The van der Waals surface area contributed by atoms with Gasteiger partial charge in [0, 0.05) is 17.3 Å². The molecule has 2 rings (SSSR count). The molecule has 0 saturated heterocycles. The van der Waals surface area contributed by atoms with Gasteiger partial charge in [0.05, 0.1) is 7.11 Å². The highest BCUT2D eigenvalue weighted by atomic mass is 16.5. The Bertz CT molecular complexity index is 528. The molecule has 5 nitrogen and oxygen atoms in total. The highest BCUT2D eigenvalue weighted by Gasteiger charge is 2.04. The molecule has 1 aromatic heterocycles. The van der Waals surface area contributed by atoms with E-state index in [4.69, 9.17) is 10.5 Å². The molecule has 2 aromatic rings. The van der Waals surface area contributed by atoms with Crippen LogP contribution in [0.25, 0.3) is 0 Å². The van der Waals surface area contributed by atoms with E-state index in [9.17, 15) is 0 Å². The minimum atomic E-state index is 0.477. The van der Waals surface area contributed by atoms with Crippen molar-refractivity contribution in [3.8, 4) is 5.75 Å². The third-order valence-corrected chi connectivity index (χ3v) is 2.46. The van der Waals surface area contributed by atoms with Crippen molar-refractivity contribution >= 4 is 17.3 Å². The Labute approximate surface area is 99.7 Å². The summed E-state index contributed by atoms with van der Waals surface area (Å²) in [5.74, 6) is 1.96. The number of rotatable bonds is 3. The molecule has 0 fully saturated rings. The van der Waals surface area contributed by atoms with E-state index >= 15 is 0 Å². The summed E-state index contributed by atoms with van der Waals surface area (Å²) in [6.45, 7) is 1.87. The molecule has 3 N–H and O–H groups in total. The molecule has 0 spiro atoms. The van der Waals surface area contributed by atoms with Gasteiger partial charge in [-0.25, -0.2) is 9.97 Å². The standard InChI is InChI=1S/C12H14N4O/c1-8-11(13)14-7-15-12(8)16-9-4-3-5-10(6-9)17-2/h3-7H,1-2H3,(H3,13,14,15,16). The molecule has 88 valence electrons. The average Bonchev–Trinajstić information content (AvgIpc) is 2.35. The van der Waals surface area contributed by atoms with Gasteiger partial charge in [0.1, 0.15) is 23.7 Å². The predicted molar refractivity (Wildman–Crippen MR) is 67.5 cm³/mol. The van der Waals surface area contributed by atoms with Crippen molar-refractivity contribution in [1.82, 2.24) is 9.97 Å². The summed E-state index contributed by atoms with van der Waals surface area (Å²) in [4.78, 5) is 8.06. The number of methoxy groups -OCH3 is 1. The first kappa shape index (κ1) is 11.2. The molecule has 5 heteroatoms. The van der Waals surface area contributed by atoms with Gasteiger partial charge < -0.3 is 15.8 Å². The first-order valence-electron chi connectivity index (χ1n) is 5.19. The summed E-state index contributed by atoms with van der Waals surface area (Å²) in [7, 11) is 1.63. The van der Waals surface area contributed by atoms with Crippen LogP contribution in [0.15, 0.2) is 30.6 Å². The molecule has 17 heavy (non-hydrogen) atoms. The summed E-state index contributed by atoms with van der Waals surface area (Å²) in [6, 6.07) is 7.60. The van der Waals surface area contributed by atoms with E-state index < -0.39 is 0 Å². The monoisotopic (exact) mass is 230 g/mol. The van der Waals surface area contributed by atoms with E-state index in [1.54, 1.807) is 7.11 Å². The predicted octanol–water partition coefficient (Wildman–Crippen LogP) is 2.12. The van der Waals surface area contributed by atoms with Gasteiger partial charge in [0.2, 0.25) is 0 Å². The summed E-state index contributed by atoms with van der Waals surface area (Å²) in [6.07, 6.45) is 1.44. The van der Waals surface area contributed by atoms with Crippen LogP contribution in [0.1, 0.15) is 5.56 Å². The molecule has 0 bridgehead atoms. The highest BCUT2D eigenvalue weighted by molar-refractivity contribution is 5.64. The zero-order chi connectivity index (χ0) is 12.3. The fraction of sp³-hybridized carbons (Fsp3) is 0.167. The number of nitrogens with one attached hydrogen (secondary N) is 1. The van der Waals surface area contributed by atoms with Crippen molar-refractivity contribution in [3.05, 3.63) is 36.2 Å². The smallest absolute Gasteiger partial charge is 0.138 e. The second kappa shape index (κ2) is 4.69. The normalized spacial score (nSPS) is 10.0. The van der Waals surface area contributed by atoms with Crippen molar-refractivity contribution in [1.29, 1.82) is 0 Å². The van der Waals surface area contributed by atoms with Crippen LogP contribution < -0.4 is 15.8 Å². The minimum Gasteiger partial charge on any atom is -0.497 e. The lowest BCUT2D eigenvalue weighted by molar-refractivity contribution is 0.415. The topological polar surface area (TPSA) is 73.1 Å². The number of hydrogen-bond acceptors (Lipinski definition) is 5. The zero-order valence-corrected chi connectivity index (χ0v) is 9.77. The fourth-order valence-electron chi connectivity index (χ4n) is 1.43. The summed E-state index contributed by atoms with van der Waals surface area (Å²) in [5.41, 5.74) is 7.44. The van der Waals surface area contributed by atoms with Crippen molar-refractivity contribution in [2.45, 2.75) is 6.92 Å². The Morgan fingerprint density at radius 2 is 2.12 bits per heavy atom. The minimum absolute atomic E-state index is 0.477. The molecule has 1 aromatic carbocycles. The van der Waals surface area contributed by atoms with Crippen LogP contribution in [0.3, 0.4) is 0 Å². The number of anilines is 3. The number of benzene rings is 1. The molecule has 1 heterocycles. The molecule has 0 aliphatic rings. The van der Waals surface area contributed by atoms with Gasteiger partial charge in [0.25, 0.3) is 0 Å². The van der Waals surface area contributed by atoms with Crippen LogP contribution in [-0.4, -0.2) is 17.1 Å². The van der Waals surface area contributed by atoms with Crippen LogP contribution in [-0.2, 0) is 0 Å². The van der Waals surface area contributed by atoms with E-state index in [1.165, 1.54) is 6.33 Å². The largest absolute Gasteiger partial charge is 0.497 e. The van der Waals surface area contributed by atoms with E-state index in [0.29, 0.717) is 11.6 Å². The lowest BCUT2D eigenvalue weighted by Crippen LogP contribution is -2.02. The maximum Gasteiger partial charge on any atom is 0.138 e. The van der Waals surface area contributed by atoms with Crippen molar-refractivity contribution in [2.75, 3.05) is 18.2 Å². The second-order valence-corrected chi connectivity index (χ2v) is 3.59. The van der Waals surface area contributed by atoms with Crippen LogP contribution in [0.4, 0.5) is 17.3 Å². The van der Waals surface area contributed by atoms with Crippen LogP contribution >= 0.6 is 0 Å². The average molecular weight is 230 g/mol. The van der Waals surface area contributed by atoms with E-state index in [0.717, 1.165) is 17.0 Å². The number of aromatic nitrogens is 2. The Hall–Kier alpha value is -2.30. The van der Waals surface area contributed by atoms with Gasteiger partial charge in [-0.1, -0.05) is 6.07 Å². The first-order valence-corrected chi connectivity index (χ1v) is 5.19. The Balaban J connectivity index is 2.28. The molecule has 0 radical (unpaired) electrons. The lowest BCUT2D eigenvalue weighted by atomic mass is 10.2. The second-order valence-electron chi connectivity index (χ2n) is 3.59. The van der Waals surface area contributed by atoms with Gasteiger partial charge >= 0.3 is 0 Å². The van der Waals surface area contributed by atoms with Gasteiger partial charge in [0.15, 0.2) is 0 Å². The van der Waals surface area contributed by atoms with Gasteiger partial charge in [-0.15, -0.1) is 0 Å². The number of nitrogen functional groups attached to an aromatic ring is 1. The van der Waals surface area contributed by atoms with E-state index in [2.05, 4.69) is 15.3 Å². The van der Waals surface area contributed by atoms with Crippen LogP contribution in [0.5, 0.6) is 5.75 Å². The van der Waals surface area contributed by atoms with Crippen molar-refractivity contribution in [2.24, 2.45) is 0 Å². The summed E-state index contributed by atoms with van der Waals surface area (Å²) in [5, 5.41) is 3.18. The third kappa shape index (κ3) is 2.44. The highest BCUT2D eigenvalue weighted by Crippen LogP contribution is 2.23. The molecule has 0 unspecified atom stereocenters. The quantitative estimate of drug-likeness (QED) is 0.844. The van der Waals surface area contributed by atoms with Gasteiger partial charge in [-0.2, -0.15) is 0 Å². The Kier molecular flexibility index (Phi) is 3.09. The summed E-state index contributed by atoms with van der Waals surface area (Å²) >= 11 is 0. The number of nitrogens with two attached hydrogens (primary N) is 1. The van der Waals surface area contributed by atoms with Crippen molar-refractivity contribution < 1.29 is 4.74 Å². The fourth-order valence-corrected chi connectivity index (χ4v) is 1.43. The van der Waals surface area contributed by atoms with Crippen LogP contribution in [0, 0.1) is 6.92 Å². The Morgan fingerprint density at radius 1 is 1.29 bits per heavy atom. The zero-order valence-electron chi connectivity index (χ0n) is 9.77. The van der Waals surface area contributed by atoms with Gasteiger partial charge in [-0.3, -0.25) is 0 Å². The van der Waals surface area contributed by atoms with Crippen molar-refractivity contribution in [3.63, 3.8) is 0 Å². The van der Waals surface area contributed by atoms with Gasteiger partial charge in [-0.05, 0) is 19.1 Å².